The number of nitrogens with two attached hydrogens (primary N) is 1. The van der Waals surface area contributed by atoms with Gasteiger partial charge in [0, 0.05) is 19.3 Å². The van der Waals surface area contributed by atoms with Crippen molar-refractivity contribution in [3.8, 4) is 5.75 Å². The van der Waals surface area contributed by atoms with E-state index in [1.54, 1.807) is 31.3 Å². The number of hydrogen-bond acceptors (Lipinski definition) is 4. The number of benzene rings is 1. The number of ether oxygens (including phenoxy) is 1. The number of hydrogen-bond donors (Lipinski definition) is 2. The molecule has 0 fully saturated rings. The van der Waals surface area contributed by atoms with Gasteiger partial charge in [0.05, 0.1) is 6.61 Å². The van der Waals surface area contributed by atoms with Gasteiger partial charge in [0.2, 0.25) is 0 Å². The van der Waals surface area contributed by atoms with Crippen LogP contribution in [0, 0.1) is 0 Å². The Balaban J connectivity index is 2.39. The Morgan fingerprint density at radius 1 is 1.44 bits per heavy atom. The third kappa shape index (κ3) is 3.78. The summed E-state index contributed by atoms with van der Waals surface area (Å²) in [5.41, 5.74) is 6.16. The van der Waals surface area contributed by atoms with Crippen molar-refractivity contribution >= 4 is 11.6 Å². The number of anilines is 1. The smallest absolute Gasteiger partial charge is 0.260 e. The summed E-state index contributed by atoms with van der Waals surface area (Å²) in [6.45, 7) is 0.217. The first-order valence-electron chi connectivity index (χ1n) is 4.96. The van der Waals surface area contributed by atoms with Gasteiger partial charge in [-0.15, -0.1) is 0 Å². The average Bonchev–Trinajstić information content (AvgIpc) is 2.28. The van der Waals surface area contributed by atoms with Crippen LogP contribution in [0.5, 0.6) is 5.75 Å². The number of nitrogens with zero attached hydrogens (tertiary/aromatic N) is 1. The zero-order valence-corrected chi connectivity index (χ0v) is 9.22. The largest absolute Gasteiger partial charge is 0.484 e. The van der Waals surface area contributed by atoms with Crippen LogP contribution in [-0.2, 0) is 4.79 Å². The van der Waals surface area contributed by atoms with Crippen LogP contribution in [0.2, 0.25) is 0 Å². The summed E-state index contributed by atoms with van der Waals surface area (Å²) < 4.78 is 5.26. The number of nitrogen functional groups attached to an aromatic ring is 1. The third-order valence-corrected chi connectivity index (χ3v) is 2.10. The lowest BCUT2D eigenvalue weighted by atomic mass is 10.3. The molecule has 3 N–H and O–H groups in total. The highest BCUT2D eigenvalue weighted by molar-refractivity contribution is 5.77. The van der Waals surface area contributed by atoms with E-state index < -0.39 is 0 Å². The van der Waals surface area contributed by atoms with Crippen LogP contribution in [0.25, 0.3) is 0 Å². The van der Waals surface area contributed by atoms with E-state index >= 15 is 0 Å². The molecule has 88 valence electrons. The molecule has 0 heterocycles. The lowest BCUT2D eigenvalue weighted by Crippen LogP contribution is -2.33. The van der Waals surface area contributed by atoms with Gasteiger partial charge in [-0.2, -0.15) is 0 Å². The molecule has 0 saturated carbocycles. The third-order valence-electron chi connectivity index (χ3n) is 2.10. The van der Waals surface area contributed by atoms with E-state index in [1.807, 2.05) is 0 Å². The summed E-state index contributed by atoms with van der Waals surface area (Å²) in [7, 11) is 1.62. The van der Waals surface area contributed by atoms with Gasteiger partial charge < -0.3 is 20.5 Å². The van der Waals surface area contributed by atoms with Crippen molar-refractivity contribution in [3.05, 3.63) is 24.3 Å². The van der Waals surface area contributed by atoms with E-state index in [2.05, 4.69) is 0 Å². The lowest BCUT2D eigenvalue weighted by molar-refractivity contribution is -0.132. The van der Waals surface area contributed by atoms with E-state index in [0.717, 1.165) is 0 Å². The molecule has 5 nitrogen and oxygen atoms in total. The Morgan fingerprint density at radius 2 is 2.06 bits per heavy atom. The first kappa shape index (κ1) is 12.3. The summed E-state index contributed by atoms with van der Waals surface area (Å²) in [6.07, 6.45) is 0. The van der Waals surface area contributed by atoms with Gasteiger partial charge in [0.1, 0.15) is 5.75 Å². The highest BCUT2D eigenvalue weighted by Crippen LogP contribution is 2.12. The molecular weight excluding hydrogens is 208 g/mol. The lowest BCUT2D eigenvalue weighted by Gasteiger charge is -2.15. The highest BCUT2D eigenvalue weighted by Gasteiger charge is 2.08. The Labute approximate surface area is 94.4 Å². The quantitative estimate of drug-likeness (QED) is 0.695. The molecule has 1 aromatic rings. The maximum atomic E-state index is 11.4. The Morgan fingerprint density at radius 3 is 2.62 bits per heavy atom. The Kier molecular flexibility index (Phi) is 4.60. The average molecular weight is 224 g/mol. The van der Waals surface area contributed by atoms with E-state index in [0.29, 0.717) is 18.0 Å². The number of rotatable bonds is 5. The van der Waals surface area contributed by atoms with E-state index in [1.165, 1.54) is 4.90 Å². The molecule has 0 aliphatic carbocycles. The molecule has 16 heavy (non-hydrogen) atoms. The minimum Gasteiger partial charge on any atom is -0.484 e. The van der Waals surface area contributed by atoms with Crippen molar-refractivity contribution in [1.82, 2.24) is 4.90 Å². The van der Waals surface area contributed by atoms with Gasteiger partial charge >= 0.3 is 0 Å². The van der Waals surface area contributed by atoms with Crippen LogP contribution >= 0.6 is 0 Å². The van der Waals surface area contributed by atoms with Gasteiger partial charge in [-0.25, -0.2) is 0 Å². The molecule has 0 unspecified atom stereocenters. The highest BCUT2D eigenvalue weighted by atomic mass is 16.5. The maximum absolute atomic E-state index is 11.4. The van der Waals surface area contributed by atoms with Crippen LogP contribution in [0.4, 0.5) is 5.69 Å². The zero-order chi connectivity index (χ0) is 12.0. The minimum absolute atomic E-state index is 0.0413. The fourth-order valence-electron chi connectivity index (χ4n) is 1.09. The second kappa shape index (κ2) is 5.97. The van der Waals surface area contributed by atoms with E-state index in [-0.39, 0.29) is 19.1 Å². The van der Waals surface area contributed by atoms with Crippen molar-refractivity contribution in [3.63, 3.8) is 0 Å². The van der Waals surface area contributed by atoms with Gasteiger partial charge in [-0.3, -0.25) is 4.79 Å². The van der Waals surface area contributed by atoms with Crippen molar-refractivity contribution < 1.29 is 14.6 Å². The van der Waals surface area contributed by atoms with Crippen LogP contribution in [-0.4, -0.2) is 42.7 Å². The first-order chi connectivity index (χ1) is 7.63. The number of carbonyl (C=O) groups excluding carboxylic acids is 1. The van der Waals surface area contributed by atoms with Crippen LogP contribution in [0.15, 0.2) is 24.3 Å². The monoisotopic (exact) mass is 224 g/mol. The van der Waals surface area contributed by atoms with Crippen LogP contribution < -0.4 is 10.5 Å². The fourth-order valence-corrected chi connectivity index (χ4v) is 1.09. The standard InChI is InChI=1S/C11H16N2O3/c1-13(6-7-14)11(15)8-16-10-4-2-9(12)3-5-10/h2-5,14H,6-8,12H2,1H3. The minimum atomic E-state index is -0.175. The van der Waals surface area contributed by atoms with E-state index in [4.69, 9.17) is 15.6 Å². The number of carbonyl (C=O) groups is 1. The summed E-state index contributed by atoms with van der Waals surface area (Å²) in [6, 6.07) is 6.82. The molecule has 0 atom stereocenters. The van der Waals surface area contributed by atoms with Gasteiger partial charge in [-0.05, 0) is 24.3 Å². The summed E-state index contributed by atoms with van der Waals surface area (Å²) in [5, 5.41) is 8.65. The molecule has 5 heteroatoms. The second-order valence-electron chi connectivity index (χ2n) is 3.40. The first-order valence-corrected chi connectivity index (χ1v) is 4.96. The van der Waals surface area contributed by atoms with Gasteiger partial charge in [0.25, 0.3) is 5.91 Å². The number of amides is 1. The molecule has 0 bridgehead atoms. The molecule has 0 saturated heterocycles. The Bertz CT molecular complexity index is 338. The van der Waals surface area contributed by atoms with Crippen LogP contribution in [0.3, 0.4) is 0 Å². The molecule has 0 radical (unpaired) electrons. The van der Waals surface area contributed by atoms with E-state index in [9.17, 15) is 4.79 Å². The second-order valence-corrected chi connectivity index (χ2v) is 3.40. The number of aliphatic hydroxyl groups is 1. The summed E-state index contributed by atoms with van der Waals surface area (Å²) in [5.74, 6) is 0.422. The topological polar surface area (TPSA) is 75.8 Å². The summed E-state index contributed by atoms with van der Waals surface area (Å²) >= 11 is 0. The van der Waals surface area contributed by atoms with Crippen molar-refractivity contribution in [1.29, 1.82) is 0 Å². The predicted octanol–water partition coefficient (Wildman–Crippen LogP) is 0.0983. The zero-order valence-electron chi connectivity index (χ0n) is 9.22. The molecule has 1 amide bonds. The predicted molar refractivity (Wildman–Crippen MR) is 61.1 cm³/mol. The van der Waals surface area contributed by atoms with Crippen molar-refractivity contribution in [2.24, 2.45) is 0 Å². The van der Waals surface area contributed by atoms with Gasteiger partial charge in [0.15, 0.2) is 6.61 Å². The number of likely N-dealkylation sites (N-methyl/N-ethyl adjacent to an activating group) is 1. The summed E-state index contributed by atoms with van der Waals surface area (Å²) in [4.78, 5) is 12.9. The van der Waals surface area contributed by atoms with Gasteiger partial charge in [-0.1, -0.05) is 0 Å². The maximum Gasteiger partial charge on any atom is 0.260 e. The molecular formula is C11H16N2O3. The molecule has 0 spiro atoms. The SMILES string of the molecule is CN(CCO)C(=O)COc1ccc(N)cc1. The molecule has 0 aromatic heterocycles. The fraction of sp³-hybridized carbons (Fsp3) is 0.364. The van der Waals surface area contributed by atoms with Crippen molar-refractivity contribution in [2.45, 2.75) is 0 Å². The Hall–Kier alpha value is -1.75. The molecule has 1 rings (SSSR count). The van der Waals surface area contributed by atoms with Crippen LogP contribution in [0.1, 0.15) is 0 Å². The molecule has 1 aromatic carbocycles. The molecule has 0 aliphatic rings. The normalized spacial score (nSPS) is 9.88. The molecule has 0 aliphatic heterocycles. The van der Waals surface area contributed by atoms with Crippen molar-refractivity contribution in [2.75, 3.05) is 32.5 Å². The number of aliphatic hydroxyl groups excluding tert-OH is 1.